The first-order valence-corrected chi connectivity index (χ1v) is 7.62. The predicted molar refractivity (Wildman–Crippen MR) is 82.9 cm³/mol. The number of carbonyl (C=O) groups excluding carboxylic acids is 1. The fraction of sp³-hybridized carbons (Fsp3) is 0.625. The lowest BCUT2D eigenvalue weighted by molar-refractivity contribution is 0.0820. The van der Waals surface area contributed by atoms with Crippen LogP contribution in [-0.2, 0) is 0 Å². The number of hydrogen-bond acceptors (Lipinski definition) is 3. The second-order valence-corrected chi connectivity index (χ2v) is 7.30. The van der Waals surface area contributed by atoms with Crippen molar-refractivity contribution in [2.75, 3.05) is 5.73 Å². The third-order valence-corrected chi connectivity index (χ3v) is 4.68. The topological polar surface area (TPSA) is 56.0 Å². The first kappa shape index (κ1) is 15.3. The summed E-state index contributed by atoms with van der Waals surface area (Å²) in [6.45, 7) is 6.83. The molecule has 110 valence electrons. The van der Waals surface area contributed by atoms with Gasteiger partial charge in [0.2, 0.25) is 0 Å². The number of carbonyl (C=O) groups is 1. The van der Waals surface area contributed by atoms with Crippen LogP contribution >= 0.6 is 11.6 Å². The van der Waals surface area contributed by atoms with Crippen molar-refractivity contribution in [3.05, 3.63) is 22.8 Å². The van der Waals surface area contributed by atoms with Crippen LogP contribution in [0, 0.1) is 17.3 Å². The van der Waals surface area contributed by atoms with Gasteiger partial charge >= 0.3 is 0 Å². The first-order chi connectivity index (χ1) is 9.29. The molecule has 0 radical (unpaired) electrons. The molecule has 3 nitrogen and oxygen atoms in total. The van der Waals surface area contributed by atoms with Crippen molar-refractivity contribution in [1.82, 2.24) is 4.98 Å². The van der Waals surface area contributed by atoms with Crippen molar-refractivity contribution in [2.24, 2.45) is 17.3 Å². The molecule has 0 saturated heterocycles. The average molecular weight is 295 g/mol. The molecule has 1 saturated carbocycles. The van der Waals surface area contributed by atoms with Gasteiger partial charge in [-0.1, -0.05) is 32.4 Å². The average Bonchev–Trinajstić information content (AvgIpc) is 2.40. The van der Waals surface area contributed by atoms with Gasteiger partial charge in [-0.15, -0.1) is 0 Å². The number of halogens is 1. The van der Waals surface area contributed by atoms with E-state index in [0.29, 0.717) is 21.9 Å². The summed E-state index contributed by atoms with van der Waals surface area (Å²) in [7, 11) is 0. The van der Waals surface area contributed by atoms with Gasteiger partial charge in [0.05, 0.1) is 10.6 Å². The fourth-order valence-corrected chi connectivity index (χ4v) is 3.25. The monoisotopic (exact) mass is 294 g/mol. The molecule has 0 aromatic carbocycles. The number of anilines is 1. The number of rotatable bonds is 2. The molecule has 0 atom stereocenters. The lowest BCUT2D eigenvalue weighted by Gasteiger charge is -2.36. The van der Waals surface area contributed by atoms with E-state index in [4.69, 9.17) is 17.3 Å². The van der Waals surface area contributed by atoms with E-state index < -0.39 is 0 Å². The van der Waals surface area contributed by atoms with Gasteiger partial charge in [-0.2, -0.15) is 0 Å². The molecule has 0 aliphatic heterocycles. The third kappa shape index (κ3) is 3.32. The fourth-order valence-electron chi connectivity index (χ4n) is 3.09. The smallest absolute Gasteiger partial charge is 0.169 e. The van der Waals surface area contributed by atoms with E-state index in [-0.39, 0.29) is 17.5 Å². The second kappa shape index (κ2) is 5.72. The Morgan fingerprint density at radius 3 is 2.45 bits per heavy atom. The third-order valence-electron chi connectivity index (χ3n) is 4.47. The Hall–Kier alpha value is -1.09. The molecule has 1 fully saturated rings. The minimum Gasteiger partial charge on any atom is -0.383 e. The summed E-state index contributed by atoms with van der Waals surface area (Å²) in [5.41, 5.74) is 6.61. The normalized spacial score (nSPS) is 23.6. The molecule has 20 heavy (non-hydrogen) atoms. The van der Waals surface area contributed by atoms with Crippen molar-refractivity contribution in [1.29, 1.82) is 0 Å². The van der Waals surface area contributed by atoms with Crippen LogP contribution in [0.3, 0.4) is 0 Å². The van der Waals surface area contributed by atoms with Gasteiger partial charge in [0.25, 0.3) is 0 Å². The zero-order valence-corrected chi connectivity index (χ0v) is 13.2. The molecule has 4 heteroatoms. The van der Waals surface area contributed by atoms with Gasteiger partial charge in [-0.05, 0) is 43.1 Å². The van der Waals surface area contributed by atoms with Crippen LogP contribution in [0.4, 0.5) is 5.82 Å². The van der Waals surface area contributed by atoms with E-state index in [9.17, 15) is 4.79 Å². The number of nitrogens with two attached hydrogens (primary N) is 1. The molecular formula is C16H23ClN2O. The predicted octanol–water partition coefficient (Wildman–Crippen LogP) is 4.35. The van der Waals surface area contributed by atoms with Gasteiger partial charge in [0.1, 0.15) is 5.82 Å². The Bertz CT molecular complexity index is 500. The molecular weight excluding hydrogens is 272 g/mol. The number of Topliss-reactive ketones (excluding diaryl/α,β-unsaturated/α-hetero) is 1. The van der Waals surface area contributed by atoms with Crippen molar-refractivity contribution >= 4 is 23.2 Å². The number of hydrogen-bond donors (Lipinski definition) is 1. The van der Waals surface area contributed by atoms with Crippen LogP contribution in [0.15, 0.2) is 12.3 Å². The Morgan fingerprint density at radius 2 is 1.90 bits per heavy atom. The zero-order valence-electron chi connectivity index (χ0n) is 12.4. The lowest BCUT2D eigenvalue weighted by atomic mass is 9.69. The van der Waals surface area contributed by atoms with E-state index >= 15 is 0 Å². The van der Waals surface area contributed by atoms with Gasteiger partial charge in [0.15, 0.2) is 5.78 Å². The van der Waals surface area contributed by atoms with E-state index in [1.54, 1.807) is 6.07 Å². The summed E-state index contributed by atoms with van der Waals surface area (Å²) < 4.78 is 0. The van der Waals surface area contributed by atoms with Gasteiger partial charge in [0, 0.05) is 12.1 Å². The van der Waals surface area contributed by atoms with E-state index in [1.165, 1.54) is 6.20 Å². The zero-order chi connectivity index (χ0) is 14.9. The molecule has 1 heterocycles. The van der Waals surface area contributed by atoms with Crippen LogP contribution in [0.2, 0.25) is 5.02 Å². The largest absolute Gasteiger partial charge is 0.383 e. The highest BCUT2D eigenvalue weighted by Crippen LogP contribution is 2.40. The summed E-state index contributed by atoms with van der Waals surface area (Å²) in [6.07, 6.45) is 5.56. The molecule has 0 amide bonds. The number of pyridine rings is 1. The van der Waals surface area contributed by atoms with Crippen LogP contribution in [0.5, 0.6) is 0 Å². The Morgan fingerprint density at radius 1 is 1.30 bits per heavy atom. The summed E-state index contributed by atoms with van der Waals surface area (Å²) in [5.74, 6) is 1.15. The molecule has 1 aliphatic carbocycles. The van der Waals surface area contributed by atoms with Gasteiger partial charge < -0.3 is 5.73 Å². The molecule has 1 aromatic rings. The van der Waals surface area contributed by atoms with Crippen molar-refractivity contribution in [2.45, 2.75) is 46.5 Å². The number of nitrogens with zero attached hydrogens (tertiary/aromatic N) is 1. The minimum absolute atomic E-state index is 0.0659. The van der Waals surface area contributed by atoms with Crippen LogP contribution in [0.1, 0.15) is 56.8 Å². The molecule has 0 unspecified atom stereocenters. The van der Waals surface area contributed by atoms with Crippen molar-refractivity contribution < 1.29 is 4.79 Å². The number of aromatic nitrogens is 1. The van der Waals surface area contributed by atoms with E-state index in [1.807, 2.05) is 0 Å². The maximum atomic E-state index is 12.6. The van der Waals surface area contributed by atoms with E-state index in [0.717, 1.165) is 25.7 Å². The molecule has 1 aliphatic rings. The summed E-state index contributed by atoms with van der Waals surface area (Å²) in [6, 6.07) is 1.64. The van der Waals surface area contributed by atoms with Crippen molar-refractivity contribution in [3.8, 4) is 0 Å². The number of nitrogen functional groups attached to an aromatic ring is 1. The molecule has 0 spiro atoms. The van der Waals surface area contributed by atoms with Gasteiger partial charge in [-0.3, -0.25) is 4.79 Å². The van der Waals surface area contributed by atoms with Crippen LogP contribution in [0.25, 0.3) is 0 Å². The lowest BCUT2D eigenvalue weighted by Crippen LogP contribution is -2.29. The van der Waals surface area contributed by atoms with Crippen LogP contribution in [-0.4, -0.2) is 10.8 Å². The quantitative estimate of drug-likeness (QED) is 0.825. The highest BCUT2D eigenvalue weighted by molar-refractivity contribution is 6.31. The molecule has 2 N–H and O–H groups in total. The molecule has 0 bridgehead atoms. The highest BCUT2D eigenvalue weighted by Gasteiger charge is 2.33. The maximum Gasteiger partial charge on any atom is 0.169 e. The molecule has 2 rings (SSSR count). The summed E-state index contributed by atoms with van der Waals surface area (Å²) in [4.78, 5) is 16.5. The Balaban J connectivity index is 2.07. The second-order valence-electron chi connectivity index (χ2n) is 6.87. The van der Waals surface area contributed by atoms with Gasteiger partial charge in [-0.25, -0.2) is 4.98 Å². The first-order valence-electron chi connectivity index (χ1n) is 7.24. The minimum atomic E-state index is 0.0659. The van der Waals surface area contributed by atoms with E-state index in [2.05, 4.69) is 25.8 Å². The maximum absolute atomic E-state index is 12.6. The number of ketones is 1. The standard InChI is InChI=1S/C16H23ClN2O/c1-16(2,3)11-6-4-10(5-7-11)14(20)13-8-12(17)9-19-15(13)18/h8-11H,4-7H2,1-3H3,(H2,18,19). The van der Waals surface area contributed by atoms with Crippen molar-refractivity contribution in [3.63, 3.8) is 0 Å². The Kier molecular flexibility index (Phi) is 4.38. The SMILES string of the molecule is CC(C)(C)C1CCC(C(=O)c2cc(Cl)cnc2N)CC1. The molecule has 1 aromatic heterocycles. The summed E-state index contributed by atoms with van der Waals surface area (Å²) >= 11 is 5.91. The van der Waals surface area contributed by atoms with Crippen LogP contribution < -0.4 is 5.73 Å². The highest BCUT2D eigenvalue weighted by atomic mass is 35.5. The summed E-state index contributed by atoms with van der Waals surface area (Å²) in [5, 5.41) is 0.464. The Labute approximate surface area is 125 Å².